The predicted molar refractivity (Wildman–Crippen MR) is 65.2 cm³/mol. The van der Waals surface area contributed by atoms with E-state index in [4.69, 9.17) is 20.6 Å². The minimum Gasteiger partial charge on any atom is -0.423 e. The van der Waals surface area contributed by atoms with Crippen molar-refractivity contribution >= 4 is 29.7 Å². The first kappa shape index (κ1) is 14.1. The van der Waals surface area contributed by atoms with Crippen LogP contribution < -0.4 is 10.9 Å². The van der Waals surface area contributed by atoms with Crippen LogP contribution in [0.2, 0.25) is 0 Å². The maximum atomic E-state index is 10.7. The Morgan fingerprint density at radius 1 is 1.37 bits per heavy atom. The molecule has 1 rings (SSSR count). The molecule has 0 radical (unpaired) electrons. The molecule has 0 spiro atoms. The van der Waals surface area contributed by atoms with Crippen LogP contribution in [0.5, 0.6) is 0 Å². The van der Waals surface area contributed by atoms with Crippen molar-refractivity contribution in [2.24, 2.45) is 5.10 Å². The lowest BCUT2D eigenvalue weighted by molar-refractivity contribution is -0.384. The number of nitrogens with zero attached hydrogens (tertiary/aromatic N) is 4. The highest BCUT2D eigenvalue weighted by Gasteiger charge is 2.17. The second kappa shape index (κ2) is 6.11. The summed E-state index contributed by atoms with van der Waals surface area (Å²) < 4.78 is 0. The normalized spacial score (nSPS) is 8.84. The van der Waals surface area contributed by atoms with Gasteiger partial charge in [0.15, 0.2) is 0 Å². The van der Waals surface area contributed by atoms with Gasteiger partial charge >= 0.3 is 7.12 Å². The Morgan fingerprint density at radius 3 is 2.47 bits per heavy atom. The first-order valence-electron chi connectivity index (χ1n) is 4.77. The Labute approximate surface area is 107 Å². The first-order valence-corrected chi connectivity index (χ1v) is 4.77. The van der Waals surface area contributed by atoms with Crippen molar-refractivity contribution in [3.8, 4) is 12.1 Å². The average Bonchev–Trinajstić information content (AvgIpc) is 2.39. The van der Waals surface area contributed by atoms with Crippen LogP contribution in [0.25, 0.3) is 0 Å². The molecule has 19 heavy (non-hydrogen) atoms. The van der Waals surface area contributed by atoms with Crippen molar-refractivity contribution in [1.29, 1.82) is 10.5 Å². The van der Waals surface area contributed by atoms with Crippen molar-refractivity contribution in [2.75, 3.05) is 5.43 Å². The van der Waals surface area contributed by atoms with Gasteiger partial charge in [-0.1, -0.05) is 0 Å². The van der Waals surface area contributed by atoms with Gasteiger partial charge in [0, 0.05) is 12.1 Å². The van der Waals surface area contributed by atoms with E-state index < -0.39 is 23.4 Å². The summed E-state index contributed by atoms with van der Waals surface area (Å²) in [5.74, 6) is 0. The van der Waals surface area contributed by atoms with Crippen LogP contribution in [-0.4, -0.2) is 27.8 Å². The molecular weight excluding hydrogens is 253 g/mol. The molecule has 0 atom stereocenters. The Morgan fingerprint density at radius 2 is 2.00 bits per heavy atom. The van der Waals surface area contributed by atoms with Gasteiger partial charge in [-0.05, 0) is 11.5 Å². The third kappa shape index (κ3) is 3.78. The molecule has 0 aliphatic heterocycles. The Hall–Kier alpha value is -2.95. The summed E-state index contributed by atoms with van der Waals surface area (Å²) in [6.45, 7) is 0. The highest BCUT2D eigenvalue weighted by atomic mass is 16.6. The molecule has 0 heterocycles. The van der Waals surface area contributed by atoms with Crippen molar-refractivity contribution in [1.82, 2.24) is 0 Å². The Bertz CT molecular complexity index is 600. The lowest BCUT2D eigenvalue weighted by Crippen LogP contribution is -2.30. The molecule has 1 aromatic carbocycles. The number of nitro groups is 1. The molecule has 9 nitrogen and oxygen atoms in total. The number of anilines is 1. The SMILES string of the molecule is N#CC(C#N)=NNc1cc(B(O)O)cc([N+](=O)[O-])c1. The van der Waals surface area contributed by atoms with Crippen LogP contribution in [0, 0.1) is 32.8 Å². The monoisotopic (exact) mass is 259 g/mol. The molecule has 0 aliphatic rings. The first-order chi connectivity index (χ1) is 8.97. The molecule has 0 aliphatic carbocycles. The summed E-state index contributed by atoms with van der Waals surface area (Å²) in [6.07, 6.45) is 0. The molecule has 1 aromatic rings. The summed E-state index contributed by atoms with van der Waals surface area (Å²) in [6, 6.07) is 6.22. The molecule has 0 fully saturated rings. The minimum absolute atomic E-state index is 0.0419. The summed E-state index contributed by atoms with van der Waals surface area (Å²) in [4.78, 5) is 9.93. The highest BCUT2D eigenvalue weighted by Crippen LogP contribution is 2.16. The lowest BCUT2D eigenvalue weighted by atomic mass is 9.80. The second-order valence-electron chi connectivity index (χ2n) is 3.24. The van der Waals surface area contributed by atoms with Gasteiger partial charge in [0.2, 0.25) is 5.71 Å². The van der Waals surface area contributed by atoms with Crippen LogP contribution >= 0.6 is 0 Å². The van der Waals surface area contributed by atoms with E-state index in [-0.39, 0.29) is 11.2 Å². The van der Waals surface area contributed by atoms with Crippen LogP contribution in [0.15, 0.2) is 23.3 Å². The molecule has 10 heteroatoms. The molecule has 0 saturated heterocycles. The zero-order valence-corrected chi connectivity index (χ0v) is 9.31. The van der Waals surface area contributed by atoms with E-state index in [9.17, 15) is 10.1 Å². The van der Waals surface area contributed by atoms with Gasteiger partial charge in [0.1, 0.15) is 12.1 Å². The molecule has 3 N–H and O–H groups in total. The van der Waals surface area contributed by atoms with E-state index in [1.165, 1.54) is 18.2 Å². The minimum atomic E-state index is -1.89. The Kier molecular flexibility index (Phi) is 4.54. The van der Waals surface area contributed by atoms with E-state index in [1.54, 1.807) is 0 Å². The topological polar surface area (TPSA) is 156 Å². The Balaban J connectivity index is 3.15. The summed E-state index contributed by atoms with van der Waals surface area (Å²) in [7, 11) is -1.89. The number of hydrogen-bond acceptors (Lipinski definition) is 8. The van der Waals surface area contributed by atoms with Crippen molar-refractivity contribution in [2.45, 2.75) is 0 Å². The van der Waals surface area contributed by atoms with E-state index in [1.807, 2.05) is 0 Å². The zero-order chi connectivity index (χ0) is 14.4. The molecular formula is C9H6BN5O4. The van der Waals surface area contributed by atoms with E-state index in [2.05, 4.69) is 10.5 Å². The number of hydrazone groups is 1. The van der Waals surface area contributed by atoms with Crippen molar-refractivity contribution < 1.29 is 15.0 Å². The van der Waals surface area contributed by atoms with Gasteiger partial charge < -0.3 is 10.0 Å². The maximum Gasteiger partial charge on any atom is 0.488 e. The number of non-ortho nitro benzene ring substituents is 1. The fourth-order valence-corrected chi connectivity index (χ4v) is 1.15. The summed E-state index contributed by atoms with van der Waals surface area (Å²) >= 11 is 0. The van der Waals surface area contributed by atoms with Crippen LogP contribution in [0.1, 0.15) is 0 Å². The van der Waals surface area contributed by atoms with E-state index in [0.717, 1.165) is 12.1 Å². The maximum absolute atomic E-state index is 10.7. The smallest absolute Gasteiger partial charge is 0.423 e. The van der Waals surface area contributed by atoms with Gasteiger partial charge in [-0.25, -0.2) is 0 Å². The molecule has 94 valence electrons. The largest absolute Gasteiger partial charge is 0.488 e. The van der Waals surface area contributed by atoms with E-state index >= 15 is 0 Å². The number of nitriles is 2. The van der Waals surface area contributed by atoms with Crippen molar-refractivity contribution in [3.05, 3.63) is 28.3 Å². The second-order valence-corrected chi connectivity index (χ2v) is 3.24. The molecule has 0 amide bonds. The average molecular weight is 259 g/mol. The van der Waals surface area contributed by atoms with Crippen LogP contribution in [0.3, 0.4) is 0 Å². The summed E-state index contributed by atoms with van der Waals surface area (Å²) in [5.41, 5.74) is 1.31. The zero-order valence-electron chi connectivity index (χ0n) is 9.31. The molecule has 0 aromatic heterocycles. The highest BCUT2D eigenvalue weighted by molar-refractivity contribution is 6.58. The van der Waals surface area contributed by atoms with Crippen LogP contribution in [-0.2, 0) is 0 Å². The van der Waals surface area contributed by atoms with Crippen LogP contribution in [0.4, 0.5) is 11.4 Å². The number of benzene rings is 1. The quantitative estimate of drug-likeness (QED) is 0.273. The fourth-order valence-electron chi connectivity index (χ4n) is 1.15. The van der Waals surface area contributed by atoms with Gasteiger partial charge in [0.25, 0.3) is 5.69 Å². The van der Waals surface area contributed by atoms with E-state index in [0.29, 0.717) is 0 Å². The molecule has 0 bridgehead atoms. The predicted octanol–water partition coefficient (Wildman–Crippen LogP) is -0.910. The third-order valence-electron chi connectivity index (χ3n) is 1.96. The standard InChI is InChI=1S/C9H6BN5O4/c11-4-8(5-12)14-13-7-1-6(10(16)17)2-9(3-7)15(18)19/h1-3,13,16-17H. The number of rotatable bonds is 4. The fraction of sp³-hybridized carbons (Fsp3) is 0. The third-order valence-corrected chi connectivity index (χ3v) is 1.96. The number of hydrogen-bond donors (Lipinski definition) is 3. The van der Waals surface area contributed by atoms with Gasteiger partial charge in [-0.15, -0.1) is 0 Å². The summed E-state index contributed by atoms with van der Waals surface area (Å²) in [5, 5.41) is 48.9. The number of nitro benzene ring substituents is 1. The molecule has 0 unspecified atom stereocenters. The molecule has 0 saturated carbocycles. The van der Waals surface area contributed by atoms with Crippen molar-refractivity contribution in [3.63, 3.8) is 0 Å². The van der Waals surface area contributed by atoms with Gasteiger partial charge in [-0.3, -0.25) is 15.5 Å². The van der Waals surface area contributed by atoms with Gasteiger partial charge in [0.05, 0.1) is 10.6 Å². The number of nitrogens with one attached hydrogen (secondary N) is 1. The van der Waals surface area contributed by atoms with Gasteiger partial charge in [-0.2, -0.15) is 15.6 Å². The lowest BCUT2D eigenvalue weighted by Gasteiger charge is -2.04.